The van der Waals surface area contributed by atoms with Gasteiger partial charge in [-0.15, -0.1) is 0 Å². The second kappa shape index (κ2) is 5.47. The highest BCUT2D eigenvalue weighted by Gasteiger charge is 2.38. The molecule has 1 aliphatic carbocycles. The monoisotopic (exact) mass is 356 g/mol. The van der Waals surface area contributed by atoms with Crippen LogP contribution in [-0.4, -0.2) is 0 Å². The van der Waals surface area contributed by atoms with E-state index in [4.69, 9.17) is 0 Å². The van der Waals surface area contributed by atoms with Crippen molar-refractivity contribution in [2.75, 3.05) is 0 Å². The van der Waals surface area contributed by atoms with E-state index in [1.165, 1.54) is 44.2 Å². The van der Waals surface area contributed by atoms with Gasteiger partial charge in [0.2, 0.25) is 0 Å². The Hall–Kier alpha value is -2.08. The molecule has 0 radical (unpaired) electrons. The van der Waals surface area contributed by atoms with Crippen molar-refractivity contribution in [3.05, 3.63) is 70.8 Å². The van der Waals surface area contributed by atoms with Crippen LogP contribution in [0.25, 0.3) is 21.9 Å². The first kappa shape index (κ1) is 18.3. The number of hydrogen-bond donors (Lipinski definition) is 0. The summed E-state index contributed by atoms with van der Waals surface area (Å²) in [7, 11) is 0. The topological polar surface area (TPSA) is 0 Å². The van der Waals surface area contributed by atoms with Gasteiger partial charge in [0.05, 0.1) is 0 Å². The van der Waals surface area contributed by atoms with E-state index >= 15 is 0 Å². The first-order valence-corrected chi connectivity index (χ1v) is 10.1. The van der Waals surface area contributed by atoms with E-state index in [0.29, 0.717) is 0 Å². The molecule has 0 aromatic heterocycles. The van der Waals surface area contributed by atoms with Gasteiger partial charge in [0.15, 0.2) is 0 Å². The lowest BCUT2D eigenvalue weighted by atomic mass is 9.76. The van der Waals surface area contributed by atoms with E-state index in [9.17, 15) is 0 Å². The normalized spacial score (nSPS) is 15.7. The molecule has 0 spiro atoms. The van der Waals surface area contributed by atoms with Crippen molar-refractivity contribution >= 4 is 10.8 Å². The Morgan fingerprint density at radius 1 is 0.667 bits per heavy atom. The van der Waals surface area contributed by atoms with Crippen molar-refractivity contribution in [3.8, 4) is 11.1 Å². The fourth-order valence-corrected chi connectivity index (χ4v) is 4.67. The van der Waals surface area contributed by atoms with Gasteiger partial charge in [-0.2, -0.15) is 0 Å². The van der Waals surface area contributed by atoms with Crippen LogP contribution in [0.5, 0.6) is 0 Å². The van der Waals surface area contributed by atoms with Gasteiger partial charge in [-0.1, -0.05) is 104 Å². The summed E-state index contributed by atoms with van der Waals surface area (Å²) in [5, 5.41) is 2.79. The highest BCUT2D eigenvalue weighted by atomic mass is 14.4. The number of fused-ring (bicyclic) bond motifs is 5. The Morgan fingerprint density at radius 2 is 1.30 bits per heavy atom. The second-order valence-corrected chi connectivity index (χ2v) is 10.8. The molecule has 140 valence electrons. The molecule has 0 heteroatoms. The number of rotatable bonds is 0. The third-order valence-electron chi connectivity index (χ3n) is 6.35. The molecule has 0 amide bonds. The summed E-state index contributed by atoms with van der Waals surface area (Å²) < 4.78 is 0. The minimum atomic E-state index is 0.0238. The van der Waals surface area contributed by atoms with Gasteiger partial charge >= 0.3 is 0 Å². The van der Waals surface area contributed by atoms with E-state index in [1.807, 2.05) is 0 Å². The molecule has 4 rings (SSSR count). The van der Waals surface area contributed by atoms with E-state index < -0.39 is 0 Å². The lowest BCUT2D eigenvalue weighted by molar-refractivity contribution is 0.582. The van der Waals surface area contributed by atoms with Gasteiger partial charge in [-0.25, -0.2) is 0 Å². The standard InChI is InChI=1S/C27H32/c1-25(2,3)17-13-14-20-22(15-17)27(7,8)23-16-21(26(4,5)6)18-11-9-10-12-19(18)24(20)23/h9-16H,1-8H3. The average molecular weight is 357 g/mol. The molecule has 0 aliphatic heterocycles. The van der Waals surface area contributed by atoms with E-state index in [1.54, 1.807) is 0 Å². The van der Waals surface area contributed by atoms with Crippen LogP contribution in [0.4, 0.5) is 0 Å². The quantitative estimate of drug-likeness (QED) is 0.386. The van der Waals surface area contributed by atoms with Crippen LogP contribution in [-0.2, 0) is 16.2 Å². The average Bonchev–Trinajstić information content (AvgIpc) is 2.80. The van der Waals surface area contributed by atoms with Crippen molar-refractivity contribution in [1.29, 1.82) is 0 Å². The number of benzene rings is 3. The molecule has 1 aliphatic rings. The van der Waals surface area contributed by atoms with Gasteiger partial charge in [0.25, 0.3) is 0 Å². The molecule has 3 aromatic carbocycles. The molecule has 0 saturated heterocycles. The maximum atomic E-state index is 2.49. The van der Waals surface area contributed by atoms with Crippen LogP contribution in [0.1, 0.15) is 77.6 Å². The Labute approximate surface area is 164 Å². The second-order valence-electron chi connectivity index (χ2n) is 10.8. The van der Waals surface area contributed by atoms with Crippen molar-refractivity contribution < 1.29 is 0 Å². The molecule has 0 heterocycles. The molecule has 0 bridgehead atoms. The Kier molecular flexibility index (Phi) is 3.71. The molecular formula is C27H32. The molecule has 3 aromatic rings. The maximum absolute atomic E-state index is 2.49. The summed E-state index contributed by atoms with van der Waals surface area (Å²) in [4.78, 5) is 0. The lowest BCUT2D eigenvalue weighted by Crippen LogP contribution is -2.19. The largest absolute Gasteiger partial charge is 0.0616 e. The molecular weight excluding hydrogens is 324 g/mol. The van der Waals surface area contributed by atoms with Gasteiger partial charge < -0.3 is 0 Å². The Bertz CT molecular complexity index is 1050. The zero-order valence-electron chi connectivity index (χ0n) is 18.1. The summed E-state index contributed by atoms with van der Waals surface area (Å²) >= 11 is 0. The summed E-state index contributed by atoms with van der Waals surface area (Å²) in [6.07, 6.45) is 0. The molecule has 0 N–H and O–H groups in total. The predicted octanol–water partition coefficient (Wildman–Crippen LogP) is 7.74. The smallest absolute Gasteiger partial charge is 0.0159 e. The van der Waals surface area contributed by atoms with Crippen LogP contribution in [0.2, 0.25) is 0 Å². The zero-order valence-corrected chi connectivity index (χ0v) is 18.1. The first-order valence-electron chi connectivity index (χ1n) is 10.1. The van der Waals surface area contributed by atoms with Gasteiger partial charge in [0.1, 0.15) is 0 Å². The Balaban J connectivity index is 2.12. The van der Waals surface area contributed by atoms with Crippen molar-refractivity contribution in [2.24, 2.45) is 0 Å². The van der Waals surface area contributed by atoms with Crippen LogP contribution in [0.15, 0.2) is 48.5 Å². The highest BCUT2D eigenvalue weighted by molar-refractivity contribution is 6.04. The van der Waals surface area contributed by atoms with Crippen LogP contribution in [0.3, 0.4) is 0 Å². The van der Waals surface area contributed by atoms with E-state index in [0.717, 1.165) is 0 Å². The van der Waals surface area contributed by atoms with Crippen molar-refractivity contribution in [1.82, 2.24) is 0 Å². The minimum absolute atomic E-state index is 0.0238. The van der Waals surface area contributed by atoms with E-state index in [2.05, 4.69) is 104 Å². The highest BCUT2D eigenvalue weighted by Crippen LogP contribution is 2.53. The van der Waals surface area contributed by atoms with Crippen molar-refractivity contribution in [3.63, 3.8) is 0 Å². The van der Waals surface area contributed by atoms with Crippen molar-refractivity contribution in [2.45, 2.75) is 71.6 Å². The fourth-order valence-electron chi connectivity index (χ4n) is 4.67. The first-order chi connectivity index (χ1) is 12.4. The van der Waals surface area contributed by atoms with Gasteiger partial charge in [-0.3, -0.25) is 0 Å². The molecule has 27 heavy (non-hydrogen) atoms. The van der Waals surface area contributed by atoms with Gasteiger partial charge in [-0.05, 0) is 55.0 Å². The fraction of sp³-hybridized carbons (Fsp3) is 0.407. The molecule has 0 fully saturated rings. The molecule has 0 atom stereocenters. The molecule has 0 unspecified atom stereocenters. The van der Waals surface area contributed by atoms with Crippen LogP contribution < -0.4 is 0 Å². The minimum Gasteiger partial charge on any atom is -0.0616 e. The maximum Gasteiger partial charge on any atom is 0.0159 e. The third-order valence-corrected chi connectivity index (χ3v) is 6.35. The van der Waals surface area contributed by atoms with Crippen LogP contribution in [0, 0.1) is 0 Å². The summed E-state index contributed by atoms with van der Waals surface area (Å²) in [5.74, 6) is 0. The third kappa shape index (κ3) is 2.64. The summed E-state index contributed by atoms with van der Waals surface area (Å²) in [5.41, 5.74) is 8.99. The summed E-state index contributed by atoms with van der Waals surface area (Å²) in [6, 6.07) is 18.6. The molecule has 0 nitrogen and oxygen atoms in total. The van der Waals surface area contributed by atoms with E-state index in [-0.39, 0.29) is 16.2 Å². The Morgan fingerprint density at radius 3 is 1.89 bits per heavy atom. The zero-order chi connectivity index (χ0) is 19.8. The SMILES string of the molecule is CC(C)(C)c1ccc2c(c1)C(C)(C)c1cc(C(C)(C)C)c3ccccc3c1-2. The molecule has 0 saturated carbocycles. The number of hydrogen-bond acceptors (Lipinski definition) is 0. The lowest BCUT2D eigenvalue weighted by Gasteiger charge is -2.28. The predicted molar refractivity (Wildman–Crippen MR) is 119 cm³/mol. The van der Waals surface area contributed by atoms with Gasteiger partial charge in [0, 0.05) is 5.41 Å². The summed E-state index contributed by atoms with van der Waals surface area (Å²) in [6.45, 7) is 18.7. The van der Waals surface area contributed by atoms with Crippen LogP contribution >= 0.6 is 0 Å².